The van der Waals surface area contributed by atoms with Gasteiger partial charge in [-0.05, 0) is 0 Å². The molecule has 4 heteroatoms. The van der Waals surface area contributed by atoms with Gasteiger partial charge in [0.2, 0.25) is 0 Å². The normalized spacial score (nSPS) is 8.67. The summed E-state index contributed by atoms with van der Waals surface area (Å²) in [5, 5.41) is 0. The van der Waals surface area contributed by atoms with Gasteiger partial charge in [0, 0.05) is 0 Å². The van der Waals surface area contributed by atoms with Crippen molar-refractivity contribution >= 4 is 11.8 Å². The Morgan fingerprint density at radius 2 is 2.83 bits per heavy atom. The zero-order chi connectivity index (χ0) is 4.41. The van der Waals surface area contributed by atoms with E-state index in [1.165, 1.54) is 0 Å². The van der Waals surface area contributed by atoms with Crippen LogP contribution in [0.3, 0.4) is 0 Å². The van der Waals surface area contributed by atoms with Crippen LogP contribution in [-0.2, 0) is 0 Å². The fraction of sp³-hybridized carbons (Fsp3) is 0. The average molecular weight is 103 g/mol. The van der Waals surface area contributed by atoms with Crippen LogP contribution in [0.2, 0.25) is 0 Å². The molecule has 1 heterocycles. The van der Waals surface area contributed by atoms with E-state index in [0.29, 0.717) is 0 Å². The second-order valence-electron chi connectivity index (χ2n) is 0.711. The summed E-state index contributed by atoms with van der Waals surface area (Å²) < 4.78 is 7.59. The van der Waals surface area contributed by atoms with Crippen molar-refractivity contribution < 1.29 is 3.85 Å². The van der Waals surface area contributed by atoms with Crippen LogP contribution >= 0.6 is 11.8 Å². The Morgan fingerprint density at radius 1 is 2.00 bits per heavy atom. The largest absolute Gasteiger partial charge is 0.368 e. The molecule has 6 heavy (non-hydrogen) atoms. The molecule has 0 aromatic carbocycles. The van der Waals surface area contributed by atoms with Crippen molar-refractivity contribution in [2.24, 2.45) is 0 Å². The van der Waals surface area contributed by atoms with Crippen LogP contribution in [0.1, 0.15) is 0 Å². The fourth-order valence-corrected chi connectivity index (χ4v) is 0.433. The van der Waals surface area contributed by atoms with E-state index in [0.717, 1.165) is 18.0 Å². The highest BCUT2D eigenvalue weighted by Gasteiger charge is 1.77. The van der Waals surface area contributed by atoms with E-state index in [1.54, 1.807) is 0 Å². The Balaban J connectivity index is 3.41. The lowest BCUT2D eigenvalue weighted by atomic mass is 11.0. The van der Waals surface area contributed by atoms with Gasteiger partial charge in [-0.15, -0.1) is 0 Å². The molecule has 1 rings (SSSR count). The average Bonchev–Trinajstić information content (AvgIpc) is 1.86. The van der Waals surface area contributed by atoms with Crippen molar-refractivity contribution in [1.82, 2.24) is 4.37 Å². The van der Waals surface area contributed by atoms with Crippen LogP contribution in [0.5, 0.6) is 0 Å². The third-order valence-corrected chi connectivity index (χ3v) is 0.751. The summed E-state index contributed by atoms with van der Waals surface area (Å²) in [5.74, 6) is 0. The second kappa shape index (κ2) is 1.22. The second-order valence-corrected chi connectivity index (χ2v) is 1.24. The number of hydrogen-bond donors (Lipinski definition) is 0. The molecule has 0 N–H and O–H groups in total. The molecule has 0 aliphatic carbocycles. The molecule has 0 amide bonds. The van der Waals surface area contributed by atoms with E-state index in [9.17, 15) is 4.79 Å². The predicted octanol–water partition coefficient (Wildman–Crippen LogP) is 0.0963. The first-order valence-electron chi connectivity index (χ1n) is 1.30. The van der Waals surface area contributed by atoms with Crippen molar-refractivity contribution in [3.63, 3.8) is 0 Å². The van der Waals surface area contributed by atoms with Crippen molar-refractivity contribution in [2.45, 2.75) is 0 Å². The van der Waals surface area contributed by atoms with Crippen LogP contribution in [0.15, 0.2) is 14.8 Å². The van der Waals surface area contributed by atoms with Gasteiger partial charge in [0.15, 0.2) is 11.8 Å². The first-order chi connectivity index (χ1) is 2.89. The summed E-state index contributed by atoms with van der Waals surface area (Å²) in [4.78, 5) is 9.85. The van der Waals surface area contributed by atoms with Crippen molar-refractivity contribution in [3.05, 3.63) is 16.6 Å². The summed E-state index contributed by atoms with van der Waals surface area (Å²) >= 11 is 0.802. The highest BCUT2D eigenvalue weighted by molar-refractivity contribution is 6.96. The summed E-state index contributed by atoms with van der Waals surface area (Å²) in [6.07, 6.45) is 1.13. The Morgan fingerprint density at radius 3 is 3.00 bits per heavy atom. The first-order valence-corrected chi connectivity index (χ1v) is 2.00. The van der Waals surface area contributed by atoms with E-state index in [4.69, 9.17) is 0 Å². The molecule has 0 aliphatic rings. The summed E-state index contributed by atoms with van der Waals surface area (Å²) in [7, 11) is 0. The van der Waals surface area contributed by atoms with Gasteiger partial charge in [0.05, 0.1) is 0 Å². The van der Waals surface area contributed by atoms with E-state index in [2.05, 4.69) is 8.22 Å². The molecule has 0 spiro atoms. The minimum absolute atomic E-state index is 0.375. The molecule has 0 unspecified atom stereocenters. The van der Waals surface area contributed by atoms with Gasteiger partial charge >= 0.3 is 5.63 Å². The van der Waals surface area contributed by atoms with Gasteiger partial charge in [0.1, 0.15) is 6.20 Å². The zero-order valence-electron chi connectivity index (χ0n) is 2.75. The highest BCUT2D eigenvalue weighted by Crippen LogP contribution is 1.75. The van der Waals surface area contributed by atoms with E-state index < -0.39 is 0 Å². The maximum atomic E-state index is 9.85. The molecule has 0 atom stereocenters. The van der Waals surface area contributed by atoms with Crippen LogP contribution in [0.4, 0.5) is 0 Å². The van der Waals surface area contributed by atoms with Gasteiger partial charge in [-0.1, -0.05) is 0 Å². The van der Waals surface area contributed by atoms with E-state index >= 15 is 0 Å². The molecule has 0 aliphatic heterocycles. The minimum atomic E-state index is -0.375. The lowest BCUT2D eigenvalue weighted by molar-refractivity contribution is 0.644. The monoisotopic (exact) mass is 103 g/mol. The van der Waals surface area contributed by atoms with E-state index in [-0.39, 0.29) is 5.63 Å². The first kappa shape index (κ1) is 3.55. The molecule has 0 saturated heterocycles. The molecule has 32 valence electrons. The number of rotatable bonds is 0. The molecule has 0 fully saturated rings. The molecule has 1 aromatic rings. The lowest BCUT2D eigenvalue weighted by Gasteiger charge is -1.45. The Hall–Kier alpha value is -0.640. The SMILES string of the molecule is O=c1cnso1. The van der Waals surface area contributed by atoms with Crippen LogP contribution in [-0.4, -0.2) is 4.37 Å². The smallest absolute Gasteiger partial charge is 0.342 e. The van der Waals surface area contributed by atoms with Crippen LogP contribution < -0.4 is 5.63 Å². The molecular formula is C2HNO2S. The number of nitrogens with zero attached hydrogens (tertiary/aromatic N) is 1. The maximum absolute atomic E-state index is 9.85. The standard InChI is InChI=1S/C2HNO2S/c4-2-1-3-6-5-2/h1H. The van der Waals surface area contributed by atoms with Crippen molar-refractivity contribution in [2.75, 3.05) is 0 Å². The van der Waals surface area contributed by atoms with Gasteiger partial charge in [0.25, 0.3) is 0 Å². The summed E-state index contributed by atoms with van der Waals surface area (Å²) in [6, 6.07) is 0. The third-order valence-electron chi connectivity index (χ3n) is 0.321. The molecule has 0 bridgehead atoms. The van der Waals surface area contributed by atoms with E-state index in [1.807, 2.05) is 0 Å². The fourth-order valence-electron chi connectivity index (χ4n) is 0.144. The van der Waals surface area contributed by atoms with Crippen LogP contribution in [0, 0.1) is 0 Å². The molecular weight excluding hydrogens is 102 g/mol. The zero-order valence-corrected chi connectivity index (χ0v) is 3.57. The third kappa shape index (κ3) is 0.463. The van der Waals surface area contributed by atoms with Crippen molar-refractivity contribution in [1.29, 1.82) is 0 Å². The van der Waals surface area contributed by atoms with Gasteiger partial charge in [-0.2, -0.15) is 4.37 Å². The predicted molar refractivity (Wildman–Crippen MR) is 20.6 cm³/mol. The molecule has 3 nitrogen and oxygen atoms in total. The quantitative estimate of drug-likeness (QED) is 0.467. The highest BCUT2D eigenvalue weighted by atomic mass is 32.1. The van der Waals surface area contributed by atoms with Gasteiger partial charge in [-0.25, -0.2) is 4.79 Å². The topological polar surface area (TPSA) is 43.1 Å². The number of hydrogen-bond acceptors (Lipinski definition) is 4. The van der Waals surface area contributed by atoms with Gasteiger partial charge < -0.3 is 3.85 Å². The summed E-state index contributed by atoms with van der Waals surface area (Å²) in [6.45, 7) is 0. The Labute approximate surface area is 37.6 Å². The van der Waals surface area contributed by atoms with Crippen molar-refractivity contribution in [3.8, 4) is 0 Å². The van der Waals surface area contributed by atoms with Gasteiger partial charge in [-0.3, -0.25) is 0 Å². The Bertz CT molecular complexity index is 149. The summed E-state index contributed by atoms with van der Waals surface area (Å²) in [5.41, 5.74) is -0.375. The lowest BCUT2D eigenvalue weighted by Crippen LogP contribution is -1.84. The van der Waals surface area contributed by atoms with Crippen LogP contribution in [0.25, 0.3) is 0 Å². The molecule has 0 saturated carbocycles. The maximum Gasteiger partial charge on any atom is 0.368 e. The molecule has 0 radical (unpaired) electrons. The Kier molecular flexibility index (Phi) is 0.719. The number of aromatic nitrogens is 1. The minimum Gasteiger partial charge on any atom is -0.342 e. The molecule has 1 aromatic heterocycles.